The number of hydrogen-bond acceptors (Lipinski definition) is 2. The fourth-order valence-corrected chi connectivity index (χ4v) is 0. The third kappa shape index (κ3) is 3.94. The van der Waals surface area contributed by atoms with E-state index in [9.17, 15) is 4.57 Å². The second kappa shape index (κ2) is 2.19. The van der Waals surface area contributed by atoms with Gasteiger partial charge in [0.15, 0.2) is 0 Å². The molecule has 0 bridgehead atoms. The van der Waals surface area contributed by atoms with Gasteiger partial charge in [0, 0.05) is 0 Å². The highest BCUT2D eigenvalue weighted by atomic mass is 32.7. The van der Waals surface area contributed by atoms with E-state index < -0.39 is 7.00 Å². The average molecular weight is 106 g/mol. The second-order valence-corrected chi connectivity index (χ2v) is 2.21. The van der Waals surface area contributed by atoms with Crippen LogP contribution in [-0.2, 0) is 4.57 Å². The van der Waals surface area contributed by atoms with E-state index in [4.69, 9.17) is 5.26 Å². The van der Waals surface area contributed by atoms with Gasteiger partial charge < -0.3 is 0 Å². The van der Waals surface area contributed by atoms with E-state index >= 15 is 0 Å². The van der Waals surface area contributed by atoms with Crippen molar-refractivity contribution in [3.8, 4) is 5.81 Å². The molecule has 0 fully saturated rings. The zero-order valence-corrected chi connectivity index (χ0v) is 4.04. The van der Waals surface area contributed by atoms with Crippen LogP contribution in [0.4, 0.5) is 0 Å². The first-order chi connectivity index (χ1) is 2.27. The summed E-state index contributed by atoms with van der Waals surface area (Å²) in [5, 5.41) is 7.53. The summed E-state index contributed by atoms with van der Waals surface area (Å²) in [5.74, 6) is 1.40. The van der Waals surface area contributed by atoms with Gasteiger partial charge in [0.25, 0.3) is 0 Å². The molecule has 4 heteroatoms. The van der Waals surface area contributed by atoms with Gasteiger partial charge >= 0.3 is 12.8 Å². The molecule has 0 aliphatic heterocycles. The zero-order valence-electron chi connectivity index (χ0n) is 2.25. The first kappa shape index (κ1) is 4.94. The van der Waals surface area contributed by atoms with Crippen LogP contribution in [-0.4, -0.2) is 0 Å². The summed E-state index contributed by atoms with van der Waals surface area (Å²) >= 11 is 3.25. The van der Waals surface area contributed by atoms with Crippen molar-refractivity contribution in [2.45, 2.75) is 0 Å². The van der Waals surface area contributed by atoms with Crippen LogP contribution in [0.3, 0.4) is 0 Å². The van der Waals surface area contributed by atoms with Crippen molar-refractivity contribution in [1.82, 2.24) is 0 Å². The molecule has 0 saturated heterocycles. The SMILES string of the molecule is N#C[P+](=O)S. The Morgan fingerprint density at radius 3 is 2.20 bits per heavy atom. The fourth-order valence-electron chi connectivity index (χ4n) is 0. The lowest BCUT2D eigenvalue weighted by Gasteiger charge is -1.30. The first-order valence-corrected chi connectivity index (χ1v) is 3.24. The molecule has 1 unspecified atom stereocenters. The molecule has 0 aliphatic rings. The summed E-state index contributed by atoms with van der Waals surface area (Å²) in [4.78, 5) is 0. The van der Waals surface area contributed by atoms with Crippen LogP contribution < -0.4 is 0 Å². The van der Waals surface area contributed by atoms with Gasteiger partial charge in [-0.25, -0.2) is 0 Å². The normalized spacial score (nSPS) is 9.20. The van der Waals surface area contributed by atoms with Crippen LogP contribution in [0.25, 0.3) is 0 Å². The molecule has 0 aliphatic carbocycles. The largest absolute Gasteiger partial charge is 0.526 e. The smallest absolute Gasteiger partial charge is 0.138 e. The van der Waals surface area contributed by atoms with Gasteiger partial charge in [-0.15, -0.1) is 5.26 Å². The van der Waals surface area contributed by atoms with Crippen LogP contribution in [0, 0.1) is 11.1 Å². The van der Waals surface area contributed by atoms with E-state index in [-0.39, 0.29) is 0 Å². The molecule has 0 rings (SSSR count). The standard InChI is InChI=1S/CNOPS/c2-1-4(3)5/p+1. The Bertz CT molecular complexity index is 84.1. The van der Waals surface area contributed by atoms with Crippen molar-refractivity contribution in [3.63, 3.8) is 0 Å². The summed E-state index contributed by atoms with van der Waals surface area (Å²) in [6, 6.07) is 0. The average Bonchev–Trinajstić information content (AvgIpc) is 1.38. The highest BCUT2D eigenvalue weighted by molar-refractivity contribution is 8.42. The third-order valence-corrected chi connectivity index (χ3v) is 0.525. The van der Waals surface area contributed by atoms with Gasteiger partial charge in [-0.3, -0.25) is 0 Å². The molecule has 0 amide bonds. The molecule has 0 aromatic rings. The van der Waals surface area contributed by atoms with Gasteiger partial charge in [-0.2, -0.15) is 0 Å². The van der Waals surface area contributed by atoms with Gasteiger partial charge in [0.2, 0.25) is 0 Å². The quantitative estimate of drug-likeness (QED) is 0.371. The van der Waals surface area contributed by atoms with E-state index in [1.807, 2.05) is 0 Å². The minimum atomic E-state index is -1.85. The molecule has 26 valence electrons. The molecule has 0 aromatic carbocycles. The van der Waals surface area contributed by atoms with Gasteiger partial charge in [0.1, 0.15) is 12.2 Å². The third-order valence-electron chi connectivity index (χ3n) is 0.0855. The van der Waals surface area contributed by atoms with Crippen LogP contribution >= 0.6 is 19.3 Å². The topological polar surface area (TPSA) is 40.9 Å². The Kier molecular flexibility index (Phi) is 2.17. The Morgan fingerprint density at radius 2 is 2.20 bits per heavy atom. The van der Waals surface area contributed by atoms with Gasteiger partial charge in [0.05, 0.1) is 0 Å². The lowest BCUT2D eigenvalue weighted by Crippen LogP contribution is -1.21. The van der Waals surface area contributed by atoms with Crippen LogP contribution in [0.1, 0.15) is 0 Å². The molecule has 0 N–H and O–H groups in total. The molecule has 0 heterocycles. The van der Waals surface area contributed by atoms with Crippen molar-refractivity contribution < 1.29 is 4.57 Å². The summed E-state index contributed by atoms with van der Waals surface area (Å²) in [7, 11) is -1.85. The summed E-state index contributed by atoms with van der Waals surface area (Å²) in [6.45, 7) is 0. The lowest BCUT2D eigenvalue weighted by molar-refractivity contribution is 0.601. The second-order valence-electron chi connectivity index (χ2n) is 0.373. The molecule has 0 spiro atoms. The van der Waals surface area contributed by atoms with E-state index in [1.54, 1.807) is 0 Å². The van der Waals surface area contributed by atoms with E-state index in [2.05, 4.69) is 12.2 Å². The molecular formula is CHNOPS+. The predicted octanol–water partition coefficient (Wildman–Crippen LogP) is 1.14. The summed E-state index contributed by atoms with van der Waals surface area (Å²) < 4.78 is 9.46. The molecular weight excluding hydrogens is 105 g/mol. The van der Waals surface area contributed by atoms with Crippen molar-refractivity contribution in [1.29, 1.82) is 5.26 Å². The Morgan fingerprint density at radius 1 is 2.00 bits per heavy atom. The number of nitriles is 1. The fraction of sp³-hybridized carbons (Fsp3) is 0. The highest BCUT2D eigenvalue weighted by Gasteiger charge is 1.99. The Labute approximate surface area is 35.7 Å². The molecule has 0 radical (unpaired) electrons. The van der Waals surface area contributed by atoms with Crippen LogP contribution in [0.5, 0.6) is 0 Å². The number of nitrogens with zero attached hydrogens (tertiary/aromatic N) is 1. The summed E-state index contributed by atoms with van der Waals surface area (Å²) in [6.07, 6.45) is 0. The molecule has 0 saturated carbocycles. The van der Waals surface area contributed by atoms with Crippen LogP contribution in [0.15, 0.2) is 0 Å². The zero-order chi connectivity index (χ0) is 4.28. The monoisotopic (exact) mass is 106 g/mol. The van der Waals surface area contributed by atoms with E-state index in [0.717, 1.165) is 0 Å². The first-order valence-electron chi connectivity index (χ1n) is 0.830. The maximum Gasteiger partial charge on any atom is 0.526 e. The van der Waals surface area contributed by atoms with Gasteiger partial charge in [-0.1, -0.05) is 0 Å². The molecule has 1 atom stereocenters. The number of hydrogen-bond donors (Lipinski definition) is 1. The number of rotatable bonds is 0. The molecule has 2 nitrogen and oxygen atoms in total. The van der Waals surface area contributed by atoms with Crippen molar-refractivity contribution in [3.05, 3.63) is 0 Å². The maximum absolute atomic E-state index is 9.46. The molecule has 0 aromatic heterocycles. The summed E-state index contributed by atoms with van der Waals surface area (Å²) in [5.41, 5.74) is 0. The van der Waals surface area contributed by atoms with Crippen LogP contribution in [0.2, 0.25) is 0 Å². The van der Waals surface area contributed by atoms with Crippen molar-refractivity contribution >= 4 is 19.3 Å². The predicted molar refractivity (Wildman–Crippen MR) is 22.2 cm³/mol. The van der Waals surface area contributed by atoms with Crippen molar-refractivity contribution in [2.75, 3.05) is 0 Å². The minimum Gasteiger partial charge on any atom is -0.138 e. The minimum absolute atomic E-state index is 1.40. The van der Waals surface area contributed by atoms with Crippen molar-refractivity contribution in [2.24, 2.45) is 0 Å². The highest BCUT2D eigenvalue weighted by Crippen LogP contribution is 2.21. The van der Waals surface area contributed by atoms with E-state index in [0.29, 0.717) is 0 Å². The van der Waals surface area contributed by atoms with Gasteiger partial charge in [-0.05, 0) is 4.57 Å². The molecule has 5 heavy (non-hydrogen) atoms. The Balaban J connectivity index is 3.35. The lowest BCUT2D eigenvalue weighted by atomic mass is 11.8. The maximum atomic E-state index is 9.46. The number of thiol groups is 1. The Hall–Kier alpha value is -0.0600. The van der Waals surface area contributed by atoms with E-state index in [1.165, 1.54) is 5.81 Å².